The van der Waals surface area contributed by atoms with Crippen LogP contribution >= 0.6 is 0 Å². The third-order valence-electron chi connectivity index (χ3n) is 5.69. The Kier molecular flexibility index (Phi) is 3.93. The zero-order valence-corrected chi connectivity index (χ0v) is 14.8. The number of benzene rings is 2. The number of para-hydroxylation sites is 2. The molecule has 1 saturated carbocycles. The van der Waals surface area contributed by atoms with Crippen molar-refractivity contribution in [3.63, 3.8) is 0 Å². The van der Waals surface area contributed by atoms with Crippen LogP contribution in [0.2, 0.25) is 0 Å². The van der Waals surface area contributed by atoms with Gasteiger partial charge in [0.2, 0.25) is 0 Å². The van der Waals surface area contributed by atoms with Crippen LogP contribution in [-0.4, -0.2) is 42.0 Å². The lowest BCUT2D eigenvalue weighted by molar-refractivity contribution is 0.0674. The first-order valence-corrected chi connectivity index (χ1v) is 9.26. The Hall–Kier alpha value is -2.73. The van der Waals surface area contributed by atoms with Gasteiger partial charge >= 0.3 is 6.16 Å². The van der Waals surface area contributed by atoms with Crippen molar-refractivity contribution in [2.75, 3.05) is 19.7 Å². The maximum absolute atomic E-state index is 10.6. The van der Waals surface area contributed by atoms with E-state index in [2.05, 4.69) is 29.2 Å². The van der Waals surface area contributed by atoms with E-state index in [1.165, 1.54) is 5.56 Å². The predicted molar refractivity (Wildman–Crippen MR) is 96.9 cm³/mol. The number of carboxylic acid groups (broad SMARTS) is 1. The van der Waals surface area contributed by atoms with Gasteiger partial charge in [0.15, 0.2) is 17.6 Å². The highest BCUT2D eigenvalue weighted by Gasteiger charge is 2.58. The topological polar surface area (TPSA) is 68.2 Å². The molecular weight excluding hydrogens is 346 g/mol. The molecular formula is C21H21NO5. The van der Waals surface area contributed by atoms with Crippen molar-refractivity contribution < 1.29 is 24.1 Å². The maximum Gasteiger partial charge on any atom is 0.506 e. The van der Waals surface area contributed by atoms with Gasteiger partial charge < -0.3 is 19.3 Å². The minimum absolute atomic E-state index is 0.0903. The van der Waals surface area contributed by atoms with Crippen molar-refractivity contribution in [3.05, 3.63) is 59.7 Å². The second kappa shape index (κ2) is 6.46. The molecule has 3 aliphatic rings. The summed E-state index contributed by atoms with van der Waals surface area (Å²) in [6.45, 7) is 3.19. The maximum atomic E-state index is 10.6. The summed E-state index contributed by atoms with van der Waals surface area (Å²) in [5, 5.41) is 8.71. The fraction of sp³-hybridized carbons (Fsp3) is 0.381. The molecule has 4 atom stereocenters. The number of hydrogen-bond donors (Lipinski definition) is 1. The molecule has 5 rings (SSSR count). The van der Waals surface area contributed by atoms with Crippen LogP contribution in [0, 0.1) is 11.8 Å². The number of fused-ring (bicyclic) bond motifs is 2. The Morgan fingerprint density at radius 3 is 2.48 bits per heavy atom. The van der Waals surface area contributed by atoms with Gasteiger partial charge in [-0.25, -0.2) is 4.79 Å². The quantitative estimate of drug-likeness (QED) is 0.836. The monoisotopic (exact) mass is 367 g/mol. The van der Waals surface area contributed by atoms with Crippen molar-refractivity contribution in [1.29, 1.82) is 0 Å². The van der Waals surface area contributed by atoms with Crippen molar-refractivity contribution in [3.8, 4) is 11.5 Å². The normalized spacial score (nSPS) is 28.4. The van der Waals surface area contributed by atoms with Crippen LogP contribution in [0.15, 0.2) is 48.5 Å². The Morgan fingerprint density at radius 1 is 1.07 bits per heavy atom. The van der Waals surface area contributed by atoms with Gasteiger partial charge in [-0.05, 0) is 23.3 Å². The van der Waals surface area contributed by atoms with E-state index in [1.807, 2.05) is 24.3 Å². The Morgan fingerprint density at radius 2 is 1.78 bits per heavy atom. The molecule has 6 nitrogen and oxygen atoms in total. The fourth-order valence-electron chi connectivity index (χ4n) is 4.26. The lowest BCUT2D eigenvalue weighted by atomic mass is 10.1. The highest BCUT2D eigenvalue weighted by Crippen LogP contribution is 2.48. The predicted octanol–water partition coefficient (Wildman–Crippen LogP) is 3.32. The summed E-state index contributed by atoms with van der Waals surface area (Å²) in [6, 6.07) is 16.2. The van der Waals surface area contributed by atoms with Gasteiger partial charge in [-0.1, -0.05) is 36.4 Å². The van der Waals surface area contributed by atoms with Crippen LogP contribution in [0.1, 0.15) is 17.2 Å². The molecule has 2 aliphatic heterocycles. The van der Waals surface area contributed by atoms with Crippen molar-refractivity contribution in [2.24, 2.45) is 11.8 Å². The van der Waals surface area contributed by atoms with E-state index in [1.54, 1.807) is 0 Å². The molecule has 0 radical (unpaired) electrons. The van der Waals surface area contributed by atoms with Crippen LogP contribution in [0.5, 0.6) is 11.5 Å². The Labute approximate surface area is 157 Å². The van der Waals surface area contributed by atoms with Gasteiger partial charge in [0, 0.05) is 31.5 Å². The molecule has 0 bridgehead atoms. The van der Waals surface area contributed by atoms with E-state index >= 15 is 0 Å². The number of piperidine rings is 1. The SMILES string of the molecule is O=C(O)OC1[C@H]2CN(Cc3ccc([C@H]4COc5ccccc5O4)cc3)C[C@@H]12. The summed E-state index contributed by atoms with van der Waals surface area (Å²) < 4.78 is 16.8. The average molecular weight is 367 g/mol. The molecule has 1 N–H and O–H groups in total. The summed E-state index contributed by atoms with van der Waals surface area (Å²) in [6.07, 6.45) is -1.34. The zero-order chi connectivity index (χ0) is 18.4. The molecule has 0 amide bonds. The summed E-state index contributed by atoms with van der Waals surface area (Å²) in [5.74, 6) is 2.32. The molecule has 1 saturated heterocycles. The molecule has 1 aliphatic carbocycles. The Bertz CT molecular complexity index is 840. The molecule has 140 valence electrons. The summed E-state index contributed by atoms with van der Waals surface area (Å²) in [4.78, 5) is 13.0. The fourth-order valence-corrected chi connectivity index (χ4v) is 4.26. The van der Waals surface area contributed by atoms with Crippen LogP contribution in [0.25, 0.3) is 0 Å². The molecule has 2 aromatic carbocycles. The molecule has 1 unspecified atom stereocenters. The van der Waals surface area contributed by atoms with E-state index in [9.17, 15) is 4.79 Å². The number of hydrogen-bond acceptors (Lipinski definition) is 5. The van der Waals surface area contributed by atoms with Gasteiger partial charge in [0.1, 0.15) is 12.7 Å². The van der Waals surface area contributed by atoms with E-state index in [4.69, 9.17) is 19.3 Å². The second-order valence-corrected chi connectivity index (χ2v) is 7.48. The van der Waals surface area contributed by atoms with E-state index < -0.39 is 6.16 Å². The van der Waals surface area contributed by atoms with Gasteiger partial charge in [-0.3, -0.25) is 4.90 Å². The minimum atomic E-state index is -1.16. The van der Waals surface area contributed by atoms with Crippen molar-refractivity contribution >= 4 is 6.16 Å². The highest BCUT2D eigenvalue weighted by atomic mass is 16.7. The summed E-state index contributed by atoms with van der Waals surface area (Å²) >= 11 is 0. The summed E-state index contributed by atoms with van der Waals surface area (Å²) in [5.41, 5.74) is 2.35. The first-order chi connectivity index (χ1) is 13.2. The van der Waals surface area contributed by atoms with Gasteiger partial charge in [0.05, 0.1) is 0 Å². The lowest BCUT2D eigenvalue weighted by Gasteiger charge is -2.27. The molecule has 0 aromatic heterocycles. The molecule has 2 aromatic rings. The van der Waals surface area contributed by atoms with Crippen molar-refractivity contribution in [1.82, 2.24) is 4.90 Å². The van der Waals surface area contributed by atoms with Crippen LogP contribution in [-0.2, 0) is 11.3 Å². The smallest absolute Gasteiger partial charge is 0.485 e. The Balaban J connectivity index is 1.17. The van der Waals surface area contributed by atoms with Crippen LogP contribution in [0.4, 0.5) is 4.79 Å². The van der Waals surface area contributed by atoms with E-state index in [0.29, 0.717) is 18.4 Å². The second-order valence-electron chi connectivity index (χ2n) is 7.48. The third kappa shape index (κ3) is 3.21. The molecule has 2 fully saturated rings. The molecule has 6 heteroatoms. The molecule has 2 heterocycles. The lowest BCUT2D eigenvalue weighted by Crippen LogP contribution is -2.26. The van der Waals surface area contributed by atoms with Crippen molar-refractivity contribution in [2.45, 2.75) is 18.8 Å². The molecule has 27 heavy (non-hydrogen) atoms. The van der Waals surface area contributed by atoms with E-state index in [0.717, 1.165) is 36.7 Å². The van der Waals surface area contributed by atoms with Crippen LogP contribution < -0.4 is 9.47 Å². The number of ether oxygens (including phenoxy) is 3. The van der Waals surface area contributed by atoms with Crippen LogP contribution in [0.3, 0.4) is 0 Å². The summed E-state index contributed by atoms with van der Waals surface area (Å²) in [7, 11) is 0. The largest absolute Gasteiger partial charge is 0.506 e. The van der Waals surface area contributed by atoms with E-state index in [-0.39, 0.29) is 12.2 Å². The number of carbonyl (C=O) groups is 1. The van der Waals surface area contributed by atoms with Gasteiger partial charge in [-0.2, -0.15) is 0 Å². The first kappa shape index (κ1) is 16.4. The minimum Gasteiger partial charge on any atom is -0.485 e. The average Bonchev–Trinajstić information content (AvgIpc) is 3.11. The zero-order valence-electron chi connectivity index (χ0n) is 14.8. The number of likely N-dealkylation sites (tertiary alicyclic amines) is 1. The third-order valence-corrected chi connectivity index (χ3v) is 5.69. The molecule has 0 spiro atoms. The first-order valence-electron chi connectivity index (χ1n) is 9.26. The number of nitrogens with zero attached hydrogens (tertiary/aromatic N) is 1. The van der Waals surface area contributed by atoms with Gasteiger partial charge in [-0.15, -0.1) is 0 Å². The highest BCUT2D eigenvalue weighted by molar-refractivity contribution is 5.57. The standard InChI is InChI=1S/C21H21NO5/c23-21(24)27-20-15-10-22(11-16(15)20)9-13-5-7-14(8-6-13)19-12-25-17-3-1-2-4-18(17)26-19/h1-8,15-16,19-20H,9-12H2,(H,23,24)/t15-,16+,19-,20?/m1/s1. The number of rotatable bonds is 4. The van der Waals surface area contributed by atoms with Gasteiger partial charge in [0.25, 0.3) is 0 Å².